The first-order chi connectivity index (χ1) is 13.5. The van der Waals surface area contributed by atoms with Crippen LogP contribution in [0.15, 0.2) is 36.5 Å². The second-order valence-corrected chi connectivity index (χ2v) is 6.40. The standard InChI is InChI=1S/C19H23N3O3.CH2O2/c1-14-20-13-17(19(23)24)18(21-14)15-7-9-22(10-8-15)11-12-25-16-5-3-2-4-6-16;2-1-3/h2-6,13,15H,7-12H2,1H3,(H,23,24);1H,(H,2,3). The Bertz CT molecular complexity index is 762. The van der Waals surface area contributed by atoms with Crippen LogP contribution in [0.25, 0.3) is 0 Å². The van der Waals surface area contributed by atoms with Crippen molar-refractivity contribution in [3.05, 3.63) is 53.6 Å². The summed E-state index contributed by atoms with van der Waals surface area (Å²) in [4.78, 5) is 30.6. The minimum absolute atomic E-state index is 0.180. The number of carbonyl (C=O) groups is 2. The third kappa shape index (κ3) is 6.31. The molecule has 0 aliphatic carbocycles. The maximum atomic E-state index is 11.4. The van der Waals surface area contributed by atoms with Crippen molar-refractivity contribution in [1.82, 2.24) is 14.9 Å². The minimum Gasteiger partial charge on any atom is -0.492 e. The Morgan fingerprint density at radius 2 is 1.93 bits per heavy atom. The molecule has 150 valence electrons. The molecule has 1 fully saturated rings. The first kappa shape index (κ1) is 21.3. The Labute approximate surface area is 163 Å². The van der Waals surface area contributed by atoms with Crippen molar-refractivity contribution in [2.75, 3.05) is 26.2 Å². The second kappa shape index (κ2) is 11.0. The molecule has 8 heteroatoms. The lowest BCUT2D eigenvalue weighted by Crippen LogP contribution is -2.36. The fraction of sp³-hybridized carbons (Fsp3) is 0.400. The Balaban J connectivity index is 0.000000878. The fourth-order valence-electron chi connectivity index (χ4n) is 3.20. The molecule has 1 aromatic heterocycles. The number of carboxylic acid groups (broad SMARTS) is 2. The van der Waals surface area contributed by atoms with E-state index in [-0.39, 0.29) is 18.0 Å². The number of hydrogen-bond donors (Lipinski definition) is 2. The van der Waals surface area contributed by atoms with Crippen molar-refractivity contribution in [2.24, 2.45) is 0 Å². The highest BCUT2D eigenvalue weighted by Crippen LogP contribution is 2.29. The third-order valence-electron chi connectivity index (χ3n) is 4.56. The van der Waals surface area contributed by atoms with E-state index in [2.05, 4.69) is 14.9 Å². The summed E-state index contributed by atoms with van der Waals surface area (Å²) in [6.07, 6.45) is 3.24. The van der Waals surface area contributed by atoms with E-state index in [1.165, 1.54) is 6.20 Å². The summed E-state index contributed by atoms with van der Waals surface area (Å²) in [6, 6.07) is 9.81. The van der Waals surface area contributed by atoms with Crippen LogP contribution in [0.3, 0.4) is 0 Å². The molecule has 0 bridgehead atoms. The summed E-state index contributed by atoms with van der Waals surface area (Å²) in [7, 11) is 0. The zero-order chi connectivity index (χ0) is 20.4. The number of aromatic nitrogens is 2. The molecule has 2 aromatic rings. The maximum absolute atomic E-state index is 11.4. The molecule has 28 heavy (non-hydrogen) atoms. The van der Waals surface area contributed by atoms with E-state index in [0.717, 1.165) is 38.2 Å². The van der Waals surface area contributed by atoms with Gasteiger partial charge in [0.05, 0.1) is 11.3 Å². The zero-order valence-corrected chi connectivity index (χ0v) is 15.8. The van der Waals surface area contributed by atoms with Gasteiger partial charge in [0.2, 0.25) is 0 Å². The highest BCUT2D eigenvalue weighted by atomic mass is 16.5. The number of para-hydroxylation sites is 1. The Hall–Kier alpha value is -3.00. The molecular weight excluding hydrogens is 362 g/mol. The average molecular weight is 387 g/mol. The first-order valence-corrected chi connectivity index (χ1v) is 9.10. The van der Waals surface area contributed by atoms with Gasteiger partial charge in [-0.25, -0.2) is 14.8 Å². The summed E-state index contributed by atoms with van der Waals surface area (Å²) in [5.74, 6) is 0.742. The molecule has 2 N–H and O–H groups in total. The highest BCUT2D eigenvalue weighted by molar-refractivity contribution is 5.88. The lowest BCUT2D eigenvalue weighted by molar-refractivity contribution is -0.122. The summed E-state index contributed by atoms with van der Waals surface area (Å²) < 4.78 is 5.75. The topological polar surface area (TPSA) is 113 Å². The van der Waals surface area contributed by atoms with Crippen molar-refractivity contribution in [2.45, 2.75) is 25.7 Å². The molecule has 0 radical (unpaired) electrons. The van der Waals surface area contributed by atoms with Gasteiger partial charge in [-0.15, -0.1) is 0 Å². The molecule has 1 aliphatic heterocycles. The molecule has 0 unspecified atom stereocenters. The number of hydrogen-bond acceptors (Lipinski definition) is 6. The molecule has 0 atom stereocenters. The van der Waals surface area contributed by atoms with Gasteiger partial charge < -0.3 is 14.9 Å². The number of rotatable bonds is 6. The molecule has 8 nitrogen and oxygen atoms in total. The minimum atomic E-state index is -0.950. The van der Waals surface area contributed by atoms with Gasteiger partial charge in [0.1, 0.15) is 18.2 Å². The van der Waals surface area contributed by atoms with Crippen molar-refractivity contribution >= 4 is 12.4 Å². The molecule has 2 heterocycles. The van der Waals surface area contributed by atoms with Gasteiger partial charge in [-0.05, 0) is 45.0 Å². The van der Waals surface area contributed by atoms with Crippen molar-refractivity contribution in [3.8, 4) is 5.75 Å². The number of aromatic carboxylic acids is 1. The van der Waals surface area contributed by atoms with Crippen LogP contribution in [0, 0.1) is 6.92 Å². The smallest absolute Gasteiger partial charge is 0.339 e. The number of nitrogens with zero attached hydrogens (tertiary/aromatic N) is 3. The quantitative estimate of drug-likeness (QED) is 0.727. The SMILES string of the molecule is Cc1ncc(C(=O)O)c(C2CCN(CCOc3ccccc3)CC2)n1.O=CO. The maximum Gasteiger partial charge on any atom is 0.339 e. The third-order valence-corrected chi connectivity index (χ3v) is 4.56. The summed E-state index contributed by atoms with van der Waals surface area (Å²) in [6.45, 7) is 4.92. The summed E-state index contributed by atoms with van der Waals surface area (Å²) in [5.41, 5.74) is 0.914. The van der Waals surface area contributed by atoms with Crippen LogP contribution in [0.2, 0.25) is 0 Å². The van der Waals surface area contributed by atoms with Crippen LogP contribution in [0.5, 0.6) is 5.75 Å². The molecule has 3 rings (SSSR count). The van der Waals surface area contributed by atoms with Gasteiger partial charge in [0.15, 0.2) is 0 Å². The highest BCUT2D eigenvalue weighted by Gasteiger charge is 2.26. The van der Waals surface area contributed by atoms with Crippen LogP contribution in [-0.2, 0) is 4.79 Å². The average Bonchev–Trinajstić information content (AvgIpc) is 2.70. The Kier molecular flexibility index (Phi) is 8.36. The molecule has 1 aromatic carbocycles. The molecule has 1 aliphatic rings. The number of likely N-dealkylation sites (tertiary alicyclic amines) is 1. The van der Waals surface area contributed by atoms with Crippen LogP contribution in [0.1, 0.15) is 40.6 Å². The van der Waals surface area contributed by atoms with Gasteiger partial charge in [0.25, 0.3) is 6.47 Å². The predicted octanol–water partition coefficient (Wildman–Crippen LogP) is 2.44. The first-order valence-electron chi connectivity index (χ1n) is 9.10. The van der Waals surface area contributed by atoms with E-state index in [1.807, 2.05) is 30.3 Å². The van der Waals surface area contributed by atoms with E-state index in [0.29, 0.717) is 18.1 Å². The van der Waals surface area contributed by atoms with Crippen molar-refractivity contribution in [3.63, 3.8) is 0 Å². The number of benzene rings is 1. The Morgan fingerprint density at radius 3 is 2.54 bits per heavy atom. The Morgan fingerprint density at radius 1 is 1.29 bits per heavy atom. The molecule has 0 spiro atoms. The van der Waals surface area contributed by atoms with Crippen molar-refractivity contribution in [1.29, 1.82) is 0 Å². The number of piperidine rings is 1. The number of carboxylic acids is 1. The monoisotopic (exact) mass is 387 g/mol. The molecule has 0 saturated carbocycles. The van der Waals surface area contributed by atoms with Gasteiger partial charge in [-0.3, -0.25) is 9.69 Å². The zero-order valence-electron chi connectivity index (χ0n) is 15.8. The fourth-order valence-corrected chi connectivity index (χ4v) is 3.20. The van der Waals surface area contributed by atoms with Gasteiger partial charge in [-0.2, -0.15) is 0 Å². The number of ether oxygens (including phenoxy) is 1. The molecule has 1 saturated heterocycles. The van der Waals surface area contributed by atoms with Gasteiger partial charge in [-0.1, -0.05) is 18.2 Å². The van der Waals surface area contributed by atoms with Crippen molar-refractivity contribution < 1.29 is 24.5 Å². The van der Waals surface area contributed by atoms with Crippen LogP contribution in [0.4, 0.5) is 0 Å². The van der Waals surface area contributed by atoms with E-state index in [1.54, 1.807) is 6.92 Å². The summed E-state index contributed by atoms with van der Waals surface area (Å²) in [5, 5.41) is 16.2. The van der Waals surface area contributed by atoms with E-state index in [4.69, 9.17) is 14.6 Å². The van der Waals surface area contributed by atoms with Gasteiger partial charge >= 0.3 is 5.97 Å². The lowest BCUT2D eigenvalue weighted by Gasteiger charge is -2.32. The summed E-state index contributed by atoms with van der Waals surface area (Å²) >= 11 is 0. The van der Waals surface area contributed by atoms with E-state index in [9.17, 15) is 9.90 Å². The van der Waals surface area contributed by atoms with Gasteiger partial charge in [0, 0.05) is 18.7 Å². The van der Waals surface area contributed by atoms with Crippen LogP contribution < -0.4 is 4.74 Å². The second-order valence-electron chi connectivity index (χ2n) is 6.40. The van der Waals surface area contributed by atoms with Crippen LogP contribution in [-0.4, -0.2) is 63.8 Å². The van der Waals surface area contributed by atoms with E-state index < -0.39 is 5.97 Å². The number of aryl methyl sites for hydroxylation is 1. The van der Waals surface area contributed by atoms with Crippen LogP contribution >= 0.6 is 0 Å². The molecule has 0 amide bonds. The normalized spacial score (nSPS) is 14.6. The largest absolute Gasteiger partial charge is 0.492 e. The van der Waals surface area contributed by atoms with E-state index >= 15 is 0 Å². The predicted molar refractivity (Wildman–Crippen MR) is 103 cm³/mol. The lowest BCUT2D eigenvalue weighted by atomic mass is 9.91. The molecular formula is C20H25N3O5.